The summed E-state index contributed by atoms with van der Waals surface area (Å²) in [7, 11) is 0. The SMILES string of the molecule is ClCC(Cc1cccc(Cl)c1)c1ccccc1Cl. The van der Waals surface area contributed by atoms with E-state index in [1.54, 1.807) is 0 Å². The van der Waals surface area contributed by atoms with Crippen LogP contribution in [-0.4, -0.2) is 5.88 Å². The topological polar surface area (TPSA) is 0 Å². The third-order valence-corrected chi connectivity index (χ3v) is 3.85. The average Bonchev–Trinajstić information content (AvgIpc) is 2.37. The number of rotatable bonds is 4. The highest BCUT2D eigenvalue weighted by Crippen LogP contribution is 2.29. The maximum Gasteiger partial charge on any atom is 0.0441 e. The van der Waals surface area contributed by atoms with Gasteiger partial charge in [0.05, 0.1) is 0 Å². The summed E-state index contributed by atoms with van der Waals surface area (Å²) in [6.45, 7) is 0. The molecule has 0 N–H and O–H groups in total. The average molecular weight is 300 g/mol. The van der Waals surface area contributed by atoms with Crippen LogP contribution in [-0.2, 0) is 6.42 Å². The van der Waals surface area contributed by atoms with Gasteiger partial charge < -0.3 is 0 Å². The Hall–Kier alpha value is -0.690. The van der Waals surface area contributed by atoms with Crippen LogP contribution < -0.4 is 0 Å². The van der Waals surface area contributed by atoms with Crippen LogP contribution in [0.3, 0.4) is 0 Å². The summed E-state index contributed by atoms with van der Waals surface area (Å²) in [6, 6.07) is 15.7. The summed E-state index contributed by atoms with van der Waals surface area (Å²) < 4.78 is 0. The first kappa shape index (κ1) is 13.7. The molecule has 1 unspecified atom stereocenters. The summed E-state index contributed by atoms with van der Waals surface area (Å²) in [6.07, 6.45) is 0.841. The van der Waals surface area contributed by atoms with E-state index in [4.69, 9.17) is 34.8 Å². The van der Waals surface area contributed by atoms with Crippen molar-refractivity contribution in [2.45, 2.75) is 12.3 Å². The van der Waals surface area contributed by atoms with Gasteiger partial charge >= 0.3 is 0 Å². The second kappa shape index (κ2) is 6.47. The van der Waals surface area contributed by atoms with Gasteiger partial charge in [0.25, 0.3) is 0 Å². The van der Waals surface area contributed by atoms with E-state index < -0.39 is 0 Å². The van der Waals surface area contributed by atoms with Crippen molar-refractivity contribution < 1.29 is 0 Å². The lowest BCUT2D eigenvalue weighted by Gasteiger charge is -2.16. The quantitative estimate of drug-likeness (QED) is 0.648. The minimum atomic E-state index is 0.207. The molecule has 0 saturated carbocycles. The second-order valence-corrected chi connectivity index (χ2v) is 5.36. The predicted molar refractivity (Wildman–Crippen MR) is 80.1 cm³/mol. The Bertz CT molecular complexity index is 523. The van der Waals surface area contributed by atoms with E-state index in [-0.39, 0.29) is 5.92 Å². The molecule has 2 aromatic rings. The maximum absolute atomic E-state index is 6.21. The fraction of sp³-hybridized carbons (Fsp3) is 0.200. The first-order valence-electron chi connectivity index (χ1n) is 5.75. The second-order valence-electron chi connectivity index (χ2n) is 4.21. The van der Waals surface area contributed by atoms with E-state index in [0.29, 0.717) is 5.88 Å². The van der Waals surface area contributed by atoms with E-state index in [0.717, 1.165) is 22.0 Å². The zero-order valence-electron chi connectivity index (χ0n) is 9.74. The Morgan fingerprint density at radius 1 is 0.944 bits per heavy atom. The summed E-state index contributed by atoms with van der Waals surface area (Å²) in [4.78, 5) is 0. The van der Waals surface area contributed by atoms with E-state index in [1.807, 2.05) is 42.5 Å². The maximum atomic E-state index is 6.21. The Morgan fingerprint density at radius 3 is 2.39 bits per heavy atom. The summed E-state index contributed by atoms with van der Waals surface area (Å²) in [5, 5.41) is 1.52. The van der Waals surface area contributed by atoms with E-state index in [2.05, 4.69) is 6.07 Å². The molecule has 0 nitrogen and oxygen atoms in total. The van der Waals surface area contributed by atoms with Crippen molar-refractivity contribution in [2.24, 2.45) is 0 Å². The lowest BCUT2D eigenvalue weighted by molar-refractivity contribution is 0.766. The van der Waals surface area contributed by atoms with Crippen LogP contribution in [0.1, 0.15) is 17.0 Å². The molecule has 2 aromatic carbocycles. The highest BCUT2D eigenvalue weighted by Gasteiger charge is 2.14. The molecule has 3 heteroatoms. The molecule has 1 atom stereocenters. The van der Waals surface area contributed by atoms with Crippen LogP contribution in [0.15, 0.2) is 48.5 Å². The molecule has 0 aromatic heterocycles. The minimum absolute atomic E-state index is 0.207. The van der Waals surface area contributed by atoms with E-state index >= 15 is 0 Å². The van der Waals surface area contributed by atoms with Crippen LogP contribution in [0.2, 0.25) is 10.0 Å². The lowest BCUT2D eigenvalue weighted by atomic mass is 9.93. The van der Waals surface area contributed by atoms with Gasteiger partial charge in [-0.1, -0.05) is 53.5 Å². The summed E-state index contributed by atoms with van der Waals surface area (Å²) in [5.41, 5.74) is 2.27. The molecular formula is C15H13Cl3. The van der Waals surface area contributed by atoms with Crippen molar-refractivity contribution in [3.05, 3.63) is 69.7 Å². The van der Waals surface area contributed by atoms with Gasteiger partial charge in [0.1, 0.15) is 0 Å². The van der Waals surface area contributed by atoms with Crippen LogP contribution in [0.5, 0.6) is 0 Å². The van der Waals surface area contributed by atoms with Crippen molar-refractivity contribution in [3.8, 4) is 0 Å². The Balaban J connectivity index is 2.23. The zero-order valence-corrected chi connectivity index (χ0v) is 12.0. The molecule has 2 rings (SSSR count). The Morgan fingerprint density at radius 2 is 1.72 bits per heavy atom. The van der Waals surface area contributed by atoms with Crippen molar-refractivity contribution in [1.29, 1.82) is 0 Å². The van der Waals surface area contributed by atoms with Crippen LogP contribution in [0.25, 0.3) is 0 Å². The highest BCUT2D eigenvalue weighted by molar-refractivity contribution is 6.31. The highest BCUT2D eigenvalue weighted by atomic mass is 35.5. The molecule has 0 heterocycles. The molecule has 0 saturated heterocycles. The predicted octanol–water partition coefficient (Wildman–Crippen LogP) is 5.56. The molecular weight excluding hydrogens is 287 g/mol. The zero-order chi connectivity index (χ0) is 13.0. The van der Waals surface area contributed by atoms with Crippen LogP contribution in [0, 0.1) is 0 Å². The van der Waals surface area contributed by atoms with Gasteiger partial charge in [0.15, 0.2) is 0 Å². The molecule has 18 heavy (non-hydrogen) atoms. The number of benzene rings is 2. The van der Waals surface area contributed by atoms with Gasteiger partial charge in [0.2, 0.25) is 0 Å². The van der Waals surface area contributed by atoms with Gasteiger partial charge in [-0.25, -0.2) is 0 Å². The number of halogens is 3. The van der Waals surface area contributed by atoms with Crippen molar-refractivity contribution in [3.63, 3.8) is 0 Å². The molecule has 0 amide bonds. The first-order valence-corrected chi connectivity index (χ1v) is 7.04. The fourth-order valence-corrected chi connectivity index (χ4v) is 2.78. The largest absolute Gasteiger partial charge is 0.126 e. The monoisotopic (exact) mass is 298 g/mol. The van der Waals surface area contributed by atoms with Crippen molar-refractivity contribution >= 4 is 34.8 Å². The standard InChI is InChI=1S/C15H13Cl3/c16-10-12(14-6-1-2-7-15(14)18)8-11-4-3-5-13(17)9-11/h1-7,9,12H,8,10H2. The third kappa shape index (κ3) is 3.41. The number of hydrogen-bond donors (Lipinski definition) is 0. The smallest absolute Gasteiger partial charge is 0.0441 e. The summed E-state index contributed by atoms with van der Waals surface area (Å²) in [5.74, 6) is 0.745. The molecule has 0 aliphatic heterocycles. The van der Waals surface area contributed by atoms with Crippen molar-refractivity contribution in [2.75, 3.05) is 5.88 Å². The molecule has 0 spiro atoms. The normalized spacial score (nSPS) is 12.4. The van der Waals surface area contributed by atoms with Gasteiger partial charge in [0, 0.05) is 21.8 Å². The molecule has 0 fully saturated rings. The molecule has 0 radical (unpaired) electrons. The first-order chi connectivity index (χ1) is 8.70. The van der Waals surface area contributed by atoms with Crippen LogP contribution >= 0.6 is 34.8 Å². The molecule has 0 aliphatic rings. The van der Waals surface area contributed by atoms with E-state index in [9.17, 15) is 0 Å². The lowest BCUT2D eigenvalue weighted by Crippen LogP contribution is -2.05. The van der Waals surface area contributed by atoms with Crippen LogP contribution in [0.4, 0.5) is 0 Å². The molecule has 0 aliphatic carbocycles. The fourth-order valence-electron chi connectivity index (χ4n) is 2.00. The number of alkyl halides is 1. The summed E-state index contributed by atoms with van der Waals surface area (Å²) >= 11 is 18.3. The Kier molecular flexibility index (Phi) is 4.94. The van der Waals surface area contributed by atoms with E-state index in [1.165, 1.54) is 5.56 Å². The molecule has 0 bridgehead atoms. The van der Waals surface area contributed by atoms with Gasteiger partial charge in [-0.3, -0.25) is 0 Å². The van der Waals surface area contributed by atoms with Gasteiger partial charge in [-0.05, 0) is 35.7 Å². The third-order valence-electron chi connectivity index (χ3n) is 2.90. The molecule has 94 valence electrons. The van der Waals surface area contributed by atoms with Crippen molar-refractivity contribution in [1.82, 2.24) is 0 Å². The Labute approximate surface area is 122 Å². The minimum Gasteiger partial charge on any atom is -0.126 e. The van der Waals surface area contributed by atoms with Gasteiger partial charge in [-0.2, -0.15) is 0 Å². The van der Waals surface area contributed by atoms with Gasteiger partial charge in [-0.15, -0.1) is 11.6 Å². The number of hydrogen-bond acceptors (Lipinski definition) is 0.